The lowest BCUT2D eigenvalue weighted by molar-refractivity contribution is -0.123. The summed E-state index contributed by atoms with van der Waals surface area (Å²) in [6, 6.07) is 8.33. The third kappa shape index (κ3) is 3.46. The Morgan fingerprint density at radius 3 is 2.74 bits per heavy atom. The van der Waals surface area contributed by atoms with Crippen LogP contribution in [0.5, 0.6) is 0 Å². The van der Waals surface area contributed by atoms with E-state index in [4.69, 9.17) is 16.0 Å². The van der Waals surface area contributed by atoms with E-state index in [0.717, 1.165) is 9.37 Å². The molecule has 0 bridgehead atoms. The van der Waals surface area contributed by atoms with Gasteiger partial charge in [0.1, 0.15) is 11.5 Å². The van der Waals surface area contributed by atoms with Gasteiger partial charge in [-0.05, 0) is 33.6 Å². The van der Waals surface area contributed by atoms with Gasteiger partial charge in [0.25, 0.3) is 5.91 Å². The minimum atomic E-state index is -0.485. The first-order valence-corrected chi connectivity index (χ1v) is 8.73. The molecule has 2 aromatic rings. The van der Waals surface area contributed by atoms with Crippen LogP contribution in [0.15, 0.2) is 44.9 Å². The zero-order valence-electron chi connectivity index (χ0n) is 11.5. The molecule has 1 aromatic carbocycles. The molecule has 8 heteroatoms. The molecule has 0 saturated carbocycles. The molecule has 1 N–H and O–H groups in total. The molecule has 2 heterocycles. The van der Waals surface area contributed by atoms with Crippen molar-refractivity contribution < 1.29 is 14.0 Å². The van der Waals surface area contributed by atoms with E-state index in [1.54, 1.807) is 30.3 Å². The van der Waals surface area contributed by atoms with Crippen molar-refractivity contribution in [2.45, 2.75) is 6.54 Å². The van der Waals surface area contributed by atoms with Gasteiger partial charge in [-0.15, -0.1) is 0 Å². The lowest BCUT2D eigenvalue weighted by Crippen LogP contribution is -2.30. The largest absolute Gasteiger partial charge is 0.450 e. The summed E-state index contributed by atoms with van der Waals surface area (Å²) in [7, 11) is 0. The molecular weight excluding hydrogens is 498 g/mol. The zero-order valence-corrected chi connectivity index (χ0v) is 16.0. The number of nitrogens with zero attached hydrogens (tertiary/aromatic N) is 1. The van der Waals surface area contributed by atoms with Crippen molar-refractivity contribution >= 4 is 68.1 Å². The summed E-state index contributed by atoms with van der Waals surface area (Å²) in [4.78, 5) is 25.6. The molecule has 0 radical (unpaired) electrons. The Bertz CT molecular complexity index is 814. The molecule has 0 spiro atoms. The maximum atomic E-state index is 12.4. The highest BCUT2D eigenvalue weighted by Gasteiger charge is 2.34. The van der Waals surface area contributed by atoms with Gasteiger partial charge < -0.3 is 9.73 Å². The second-order valence-corrected chi connectivity index (χ2v) is 6.98. The van der Waals surface area contributed by atoms with Crippen LogP contribution < -0.4 is 5.32 Å². The van der Waals surface area contributed by atoms with E-state index in [1.165, 1.54) is 6.08 Å². The van der Waals surface area contributed by atoms with Crippen molar-refractivity contribution in [3.63, 3.8) is 0 Å². The van der Waals surface area contributed by atoms with Crippen LogP contribution in [-0.4, -0.2) is 16.8 Å². The van der Waals surface area contributed by atoms with Gasteiger partial charge >= 0.3 is 6.03 Å². The van der Waals surface area contributed by atoms with Crippen molar-refractivity contribution in [1.29, 1.82) is 0 Å². The molecule has 3 amide bonds. The molecule has 1 aliphatic heterocycles. The smallest absolute Gasteiger partial charge is 0.329 e. The van der Waals surface area contributed by atoms with Crippen LogP contribution in [0, 0.1) is 3.77 Å². The van der Waals surface area contributed by atoms with Crippen LogP contribution in [0.1, 0.15) is 11.3 Å². The average Bonchev–Trinajstić information content (AvgIpc) is 2.95. The molecule has 0 aliphatic carbocycles. The molecule has 5 nitrogen and oxygen atoms in total. The highest BCUT2D eigenvalue weighted by molar-refractivity contribution is 14.1. The number of carbonyl (C=O) groups excluding carboxylic acids is 2. The highest BCUT2D eigenvalue weighted by Crippen LogP contribution is 2.26. The quantitative estimate of drug-likeness (QED) is 0.381. The molecule has 118 valence electrons. The number of urea groups is 1. The Labute approximate surface area is 158 Å². The first kappa shape index (κ1) is 16.5. The number of halogens is 3. The number of furan rings is 1. The Kier molecular flexibility index (Phi) is 4.79. The van der Waals surface area contributed by atoms with Gasteiger partial charge in [0.15, 0.2) is 3.77 Å². The Hall–Kier alpha value is -1.32. The number of imide groups is 1. The summed E-state index contributed by atoms with van der Waals surface area (Å²) in [6.07, 6.45) is 1.50. The van der Waals surface area contributed by atoms with Crippen LogP contribution in [0.2, 0.25) is 5.02 Å². The fraction of sp³-hybridized carbons (Fsp3) is 0.0667. The molecule has 1 saturated heterocycles. The number of carbonyl (C=O) groups is 2. The van der Waals surface area contributed by atoms with E-state index < -0.39 is 11.9 Å². The molecule has 1 aliphatic rings. The van der Waals surface area contributed by atoms with Crippen molar-refractivity contribution in [2.24, 2.45) is 0 Å². The van der Waals surface area contributed by atoms with Gasteiger partial charge in [0, 0.05) is 33.7 Å². The summed E-state index contributed by atoms with van der Waals surface area (Å²) in [5.41, 5.74) is 0.869. The Morgan fingerprint density at radius 1 is 1.35 bits per heavy atom. The number of hydrogen-bond acceptors (Lipinski definition) is 3. The fourth-order valence-corrected chi connectivity index (χ4v) is 3.00. The predicted octanol–water partition coefficient (Wildman–Crippen LogP) is 4.39. The summed E-state index contributed by atoms with van der Waals surface area (Å²) >= 11 is 11.4. The first-order chi connectivity index (χ1) is 11.0. The van der Waals surface area contributed by atoms with Gasteiger partial charge in [-0.2, -0.15) is 0 Å². The Balaban J connectivity index is 1.84. The summed E-state index contributed by atoms with van der Waals surface area (Å²) in [5.74, 6) is 0.0574. The van der Waals surface area contributed by atoms with Crippen LogP contribution in [0.4, 0.5) is 4.79 Å². The second-order valence-electron chi connectivity index (χ2n) is 4.74. The minimum absolute atomic E-state index is 0.112. The standard InChI is InChI=1S/C15H9BrClIN2O3/c16-10-5-9(23-13(10)18)6-12-14(21)20(15(22)19-12)7-8-3-1-2-4-11(8)17/h1-6H,7H2,(H,19,22)/b12-6-. The van der Waals surface area contributed by atoms with Crippen molar-refractivity contribution in [2.75, 3.05) is 0 Å². The van der Waals surface area contributed by atoms with Crippen molar-refractivity contribution in [1.82, 2.24) is 10.2 Å². The summed E-state index contributed by atoms with van der Waals surface area (Å²) in [5, 5.41) is 3.06. The normalized spacial score (nSPS) is 16.3. The Morgan fingerprint density at radius 2 is 2.09 bits per heavy atom. The maximum absolute atomic E-state index is 12.4. The van der Waals surface area contributed by atoms with Gasteiger partial charge in [-0.25, -0.2) is 4.79 Å². The van der Waals surface area contributed by atoms with Crippen LogP contribution in [0.25, 0.3) is 6.08 Å². The number of hydrogen-bond donors (Lipinski definition) is 1. The average molecular weight is 508 g/mol. The molecule has 1 fully saturated rings. The minimum Gasteiger partial charge on any atom is -0.450 e. The van der Waals surface area contributed by atoms with E-state index in [2.05, 4.69) is 21.2 Å². The monoisotopic (exact) mass is 506 g/mol. The lowest BCUT2D eigenvalue weighted by atomic mass is 10.2. The maximum Gasteiger partial charge on any atom is 0.329 e. The topological polar surface area (TPSA) is 62.6 Å². The number of benzene rings is 1. The third-order valence-electron chi connectivity index (χ3n) is 3.20. The molecule has 0 unspecified atom stereocenters. The van der Waals surface area contributed by atoms with Crippen molar-refractivity contribution in [3.05, 3.63) is 60.6 Å². The molecule has 1 aromatic heterocycles. The van der Waals surface area contributed by atoms with Crippen LogP contribution >= 0.6 is 50.1 Å². The lowest BCUT2D eigenvalue weighted by Gasteiger charge is -2.12. The van der Waals surface area contributed by atoms with Crippen molar-refractivity contribution in [3.8, 4) is 0 Å². The van der Waals surface area contributed by atoms with Gasteiger partial charge in [-0.1, -0.05) is 29.8 Å². The van der Waals surface area contributed by atoms with Gasteiger partial charge in [-0.3, -0.25) is 9.69 Å². The fourth-order valence-electron chi connectivity index (χ4n) is 2.09. The number of rotatable bonds is 3. The third-order valence-corrected chi connectivity index (χ3v) is 5.70. The molecule has 23 heavy (non-hydrogen) atoms. The van der Waals surface area contributed by atoms with Gasteiger partial charge in [0.05, 0.1) is 11.0 Å². The number of nitrogens with one attached hydrogen (secondary N) is 1. The SMILES string of the molecule is O=C1N/C(=C\c2cc(Br)c(I)o2)C(=O)N1Cc1ccccc1Cl. The highest BCUT2D eigenvalue weighted by atomic mass is 127. The van der Waals surface area contributed by atoms with E-state index in [-0.39, 0.29) is 12.2 Å². The van der Waals surface area contributed by atoms with E-state index >= 15 is 0 Å². The summed E-state index contributed by atoms with van der Waals surface area (Å²) in [6.45, 7) is 0.112. The van der Waals surface area contributed by atoms with E-state index in [1.807, 2.05) is 22.6 Å². The van der Waals surface area contributed by atoms with E-state index in [0.29, 0.717) is 20.1 Å². The number of amides is 3. The summed E-state index contributed by atoms with van der Waals surface area (Å²) < 4.78 is 6.91. The van der Waals surface area contributed by atoms with Crippen LogP contribution in [-0.2, 0) is 11.3 Å². The predicted molar refractivity (Wildman–Crippen MR) is 97.6 cm³/mol. The van der Waals surface area contributed by atoms with E-state index in [9.17, 15) is 9.59 Å². The molecule has 3 rings (SSSR count). The molecular formula is C15H9BrClIN2O3. The molecule has 0 atom stereocenters. The zero-order chi connectivity index (χ0) is 16.6. The van der Waals surface area contributed by atoms with Crippen LogP contribution in [0.3, 0.4) is 0 Å². The van der Waals surface area contributed by atoms with Gasteiger partial charge in [0.2, 0.25) is 0 Å². The first-order valence-electron chi connectivity index (χ1n) is 6.48. The second kappa shape index (κ2) is 6.66.